The van der Waals surface area contributed by atoms with E-state index in [1.807, 2.05) is 0 Å². The van der Waals surface area contributed by atoms with Gasteiger partial charge in [-0.25, -0.2) is 9.13 Å². The molecule has 0 aromatic carbocycles. The summed E-state index contributed by atoms with van der Waals surface area (Å²) >= 11 is 0. The molecule has 0 radical (unpaired) electrons. The molecule has 0 bridgehead atoms. The molecule has 13 nitrogen and oxygen atoms in total. The molecule has 4 N–H and O–H groups in total. The van der Waals surface area contributed by atoms with Crippen molar-refractivity contribution in [2.24, 2.45) is 0 Å². The molecule has 2 rings (SSSR count). The first-order valence-corrected chi connectivity index (χ1v) is 11.3. The molecule has 31 heavy (non-hydrogen) atoms. The number of hydrogen-bond donors (Lipinski definition) is 4. The van der Waals surface area contributed by atoms with Gasteiger partial charge in [-0.15, -0.1) is 0 Å². The summed E-state index contributed by atoms with van der Waals surface area (Å²) in [5.41, 5.74) is -0.370. The van der Waals surface area contributed by atoms with E-state index < -0.39 is 40.4 Å². The average Bonchev–Trinajstić information content (AvgIpc) is 2.68. The van der Waals surface area contributed by atoms with Crippen LogP contribution in [0.1, 0.15) is 43.2 Å². The highest BCUT2D eigenvalue weighted by atomic mass is 31.3. The Hall–Kier alpha value is -2.50. The van der Waals surface area contributed by atoms with Crippen LogP contribution in [0.3, 0.4) is 0 Å². The normalized spacial score (nSPS) is 12.0. The van der Waals surface area contributed by atoms with Crippen LogP contribution in [0, 0.1) is 13.8 Å². The highest BCUT2D eigenvalue weighted by molar-refractivity contribution is 7.61. The lowest BCUT2D eigenvalue weighted by Crippen LogP contribution is -2.05. The Labute approximate surface area is 175 Å². The number of nitrogens with zero attached hydrogens (tertiary/aromatic N) is 2. The number of rotatable bonds is 10. The number of phosphoric ester groups is 1. The van der Waals surface area contributed by atoms with Crippen molar-refractivity contribution in [3.8, 4) is 11.5 Å². The van der Waals surface area contributed by atoms with Gasteiger partial charge in [-0.3, -0.25) is 28.6 Å². The van der Waals surface area contributed by atoms with E-state index in [1.165, 1.54) is 13.8 Å². The summed E-state index contributed by atoms with van der Waals surface area (Å²) in [5.74, 6) is -0.917. The van der Waals surface area contributed by atoms with Gasteiger partial charge in [0.2, 0.25) is 0 Å². The van der Waals surface area contributed by atoms with Crippen LogP contribution in [0.4, 0.5) is 0 Å². The fourth-order valence-corrected chi connectivity index (χ4v) is 4.40. The quantitative estimate of drug-likeness (QED) is 0.287. The van der Waals surface area contributed by atoms with Crippen molar-refractivity contribution in [1.29, 1.82) is 0 Å². The molecule has 0 unspecified atom stereocenters. The average molecular weight is 476 g/mol. The molecule has 0 saturated heterocycles. The lowest BCUT2D eigenvalue weighted by molar-refractivity contribution is 0.110. The van der Waals surface area contributed by atoms with Crippen molar-refractivity contribution in [1.82, 2.24) is 9.97 Å². The zero-order chi connectivity index (χ0) is 23.4. The van der Waals surface area contributed by atoms with Crippen molar-refractivity contribution >= 4 is 28.2 Å². The van der Waals surface area contributed by atoms with Crippen LogP contribution in [-0.2, 0) is 35.7 Å². The Balaban J connectivity index is 2.30. The highest BCUT2D eigenvalue weighted by Gasteiger charge is 2.37. The standard InChI is InChI=1S/C16H18N2O11P2/c1-9-15(21)13(5-19)11(3-17-9)7-27-31(26,29-30(23,24)25)28-8-12-4-18-10(2)16(22)14(12)6-20/h3-6,21-22H,7-8H2,1-2H3,(H2,23,24,25). The van der Waals surface area contributed by atoms with Gasteiger partial charge in [0.15, 0.2) is 12.6 Å². The van der Waals surface area contributed by atoms with E-state index in [4.69, 9.17) is 18.8 Å². The Kier molecular flexibility index (Phi) is 7.79. The van der Waals surface area contributed by atoms with Gasteiger partial charge >= 0.3 is 15.6 Å². The second-order valence-corrected chi connectivity index (χ2v) is 9.11. The highest BCUT2D eigenvalue weighted by Crippen LogP contribution is 2.62. The van der Waals surface area contributed by atoms with E-state index in [0.29, 0.717) is 0 Å². The van der Waals surface area contributed by atoms with E-state index >= 15 is 0 Å². The molecule has 2 heterocycles. The fourth-order valence-electron chi connectivity index (χ4n) is 2.31. The topological polar surface area (TPSA) is 203 Å². The largest absolute Gasteiger partial charge is 0.505 e. The first-order chi connectivity index (χ1) is 14.4. The Morgan fingerprint density at radius 3 is 1.58 bits per heavy atom. The van der Waals surface area contributed by atoms with Crippen LogP contribution >= 0.6 is 15.6 Å². The van der Waals surface area contributed by atoms with Crippen LogP contribution < -0.4 is 0 Å². The number of aromatic nitrogens is 2. The number of hydrogen-bond acceptors (Lipinski definition) is 11. The molecule has 15 heteroatoms. The smallest absolute Gasteiger partial charge is 0.484 e. The third kappa shape index (κ3) is 6.25. The predicted octanol–water partition coefficient (Wildman–Crippen LogP) is 2.08. The number of phosphoric acid groups is 2. The van der Waals surface area contributed by atoms with Crippen molar-refractivity contribution in [3.05, 3.63) is 46.0 Å². The summed E-state index contributed by atoms with van der Waals surface area (Å²) < 4.78 is 38.0. The van der Waals surface area contributed by atoms with Gasteiger partial charge in [-0.2, -0.15) is 4.31 Å². The van der Waals surface area contributed by atoms with Gasteiger partial charge < -0.3 is 20.0 Å². The molecule has 0 aliphatic heterocycles. The Morgan fingerprint density at radius 2 is 1.26 bits per heavy atom. The van der Waals surface area contributed by atoms with Crippen LogP contribution in [0.25, 0.3) is 0 Å². The number of aromatic hydroxyl groups is 2. The zero-order valence-corrected chi connectivity index (χ0v) is 17.9. The van der Waals surface area contributed by atoms with E-state index in [9.17, 15) is 28.9 Å². The minimum atomic E-state index is -5.38. The summed E-state index contributed by atoms with van der Waals surface area (Å²) in [4.78, 5) is 48.2. The lowest BCUT2D eigenvalue weighted by atomic mass is 10.1. The second kappa shape index (κ2) is 9.75. The summed E-state index contributed by atoms with van der Waals surface area (Å²) in [6, 6.07) is 0. The van der Waals surface area contributed by atoms with E-state index in [1.54, 1.807) is 0 Å². The van der Waals surface area contributed by atoms with Crippen LogP contribution in [0.5, 0.6) is 11.5 Å². The molecule has 0 fully saturated rings. The molecular formula is C16H18N2O11P2. The van der Waals surface area contributed by atoms with Crippen LogP contribution in [-0.4, -0.2) is 42.5 Å². The third-order valence-corrected chi connectivity index (χ3v) is 6.46. The number of carbonyl (C=O) groups is 2. The minimum Gasteiger partial charge on any atom is -0.505 e. The Morgan fingerprint density at radius 1 is 0.871 bits per heavy atom. The van der Waals surface area contributed by atoms with E-state index in [-0.39, 0.29) is 46.2 Å². The number of pyridine rings is 2. The van der Waals surface area contributed by atoms with Crippen molar-refractivity contribution in [2.75, 3.05) is 0 Å². The second-order valence-electron chi connectivity index (χ2n) is 6.06. The summed E-state index contributed by atoms with van der Waals surface area (Å²) in [5, 5.41) is 19.8. The molecule has 0 aliphatic carbocycles. The molecule has 0 aliphatic rings. The maximum Gasteiger partial charge on any atom is 0.484 e. The van der Waals surface area contributed by atoms with Crippen molar-refractivity contribution in [2.45, 2.75) is 27.1 Å². The van der Waals surface area contributed by atoms with Crippen molar-refractivity contribution < 1.29 is 52.1 Å². The number of aldehydes is 2. The Bertz CT molecular complexity index is 1030. The van der Waals surface area contributed by atoms with Gasteiger partial charge in [0.05, 0.1) is 35.7 Å². The first kappa shape index (κ1) is 24.8. The first-order valence-electron chi connectivity index (χ1n) is 8.32. The van der Waals surface area contributed by atoms with Gasteiger partial charge in [0, 0.05) is 23.5 Å². The molecule has 0 amide bonds. The predicted molar refractivity (Wildman–Crippen MR) is 102 cm³/mol. The van der Waals surface area contributed by atoms with E-state index in [2.05, 4.69) is 14.3 Å². The SMILES string of the molecule is Cc1ncc(COP(=O)(OCc2cnc(C)c(O)c2C=O)OP(=O)(O)O)c(C=O)c1O. The fraction of sp³-hybridized carbons (Fsp3) is 0.250. The van der Waals surface area contributed by atoms with Gasteiger partial charge in [0.25, 0.3) is 0 Å². The van der Waals surface area contributed by atoms with E-state index in [0.717, 1.165) is 12.4 Å². The van der Waals surface area contributed by atoms with Crippen LogP contribution in [0.15, 0.2) is 12.4 Å². The zero-order valence-electron chi connectivity index (χ0n) is 16.2. The minimum absolute atomic E-state index is 0.0699. The lowest BCUT2D eigenvalue weighted by Gasteiger charge is -2.19. The number of aryl methyl sites for hydroxylation is 2. The van der Waals surface area contributed by atoms with Crippen LogP contribution in [0.2, 0.25) is 0 Å². The maximum absolute atomic E-state index is 12.8. The maximum atomic E-state index is 12.8. The summed E-state index contributed by atoms with van der Waals surface area (Å²) in [7, 11) is -10.4. The number of carbonyl (C=O) groups excluding carboxylic acids is 2. The van der Waals surface area contributed by atoms with Gasteiger partial charge in [0.1, 0.15) is 11.5 Å². The molecule has 2 aromatic heterocycles. The third-order valence-electron chi connectivity index (χ3n) is 3.91. The molecule has 0 spiro atoms. The van der Waals surface area contributed by atoms with Gasteiger partial charge in [-0.1, -0.05) is 0 Å². The van der Waals surface area contributed by atoms with Gasteiger partial charge in [-0.05, 0) is 13.8 Å². The summed E-state index contributed by atoms with van der Waals surface area (Å²) in [6.45, 7) is 1.36. The molecule has 0 atom stereocenters. The molecule has 2 aromatic rings. The van der Waals surface area contributed by atoms with Crippen molar-refractivity contribution in [3.63, 3.8) is 0 Å². The monoisotopic (exact) mass is 476 g/mol. The molecule has 0 saturated carbocycles. The molecular weight excluding hydrogens is 458 g/mol. The summed E-state index contributed by atoms with van der Waals surface area (Å²) in [6.07, 6.45) is 2.81. The molecule has 168 valence electrons.